The summed E-state index contributed by atoms with van der Waals surface area (Å²) in [7, 11) is 0. The average Bonchev–Trinajstić information content (AvgIpc) is 2.65. The fraction of sp³-hybridized carbons (Fsp3) is 0.941. The standard InChI is InChI=1S/C17H28N2O/c1-10(2)17(3)9-19(16(20)18-17)15-13-5-11-4-12(7-13)8-14(15)6-11/h10-15H,4-9H2,1-3H3,(H,18,20). The summed E-state index contributed by atoms with van der Waals surface area (Å²) >= 11 is 0. The number of hydrogen-bond donors (Lipinski definition) is 1. The lowest BCUT2D eigenvalue weighted by Crippen LogP contribution is -2.56. The van der Waals surface area contributed by atoms with E-state index in [1.165, 1.54) is 32.1 Å². The van der Waals surface area contributed by atoms with Gasteiger partial charge in [-0.25, -0.2) is 4.79 Å². The Kier molecular flexibility index (Phi) is 2.69. The molecule has 112 valence electrons. The van der Waals surface area contributed by atoms with E-state index in [4.69, 9.17) is 0 Å². The first-order valence-corrected chi connectivity index (χ1v) is 8.55. The van der Waals surface area contributed by atoms with E-state index in [0.717, 1.165) is 30.2 Å². The quantitative estimate of drug-likeness (QED) is 0.825. The van der Waals surface area contributed by atoms with E-state index < -0.39 is 0 Å². The Hall–Kier alpha value is -0.730. The van der Waals surface area contributed by atoms with Gasteiger partial charge in [0.25, 0.3) is 0 Å². The highest BCUT2D eigenvalue weighted by atomic mass is 16.2. The third-order valence-electron chi connectivity index (χ3n) is 6.96. The minimum atomic E-state index is -0.0360. The van der Waals surface area contributed by atoms with Crippen LogP contribution in [-0.4, -0.2) is 29.1 Å². The molecule has 4 bridgehead atoms. The van der Waals surface area contributed by atoms with E-state index in [2.05, 4.69) is 31.0 Å². The number of hydrogen-bond acceptors (Lipinski definition) is 1. The molecule has 0 spiro atoms. The number of nitrogens with zero attached hydrogens (tertiary/aromatic N) is 1. The summed E-state index contributed by atoms with van der Waals surface area (Å²) in [6, 6.07) is 0.752. The molecule has 5 aliphatic rings. The molecule has 4 saturated carbocycles. The highest BCUT2D eigenvalue weighted by Gasteiger charge is 2.54. The van der Waals surface area contributed by atoms with Crippen molar-refractivity contribution in [1.29, 1.82) is 0 Å². The predicted molar refractivity (Wildman–Crippen MR) is 79.3 cm³/mol. The summed E-state index contributed by atoms with van der Waals surface area (Å²) in [6.45, 7) is 7.57. The molecule has 5 rings (SSSR count). The third-order valence-corrected chi connectivity index (χ3v) is 6.96. The minimum Gasteiger partial charge on any atom is -0.331 e. The van der Waals surface area contributed by atoms with Crippen LogP contribution in [0.2, 0.25) is 0 Å². The topological polar surface area (TPSA) is 32.3 Å². The molecular formula is C17H28N2O. The van der Waals surface area contributed by atoms with Crippen LogP contribution >= 0.6 is 0 Å². The highest BCUT2D eigenvalue weighted by Crippen LogP contribution is 2.55. The van der Waals surface area contributed by atoms with E-state index >= 15 is 0 Å². The van der Waals surface area contributed by atoms with Crippen LogP contribution < -0.4 is 5.32 Å². The van der Waals surface area contributed by atoms with Crippen molar-refractivity contribution in [2.24, 2.45) is 29.6 Å². The number of urea groups is 1. The van der Waals surface area contributed by atoms with Crippen molar-refractivity contribution in [1.82, 2.24) is 10.2 Å². The molecule has 1 N–H and O–H groups in total. The Morgan fingerprint density at radius 3 is 2.10 bits per heavy atom. The van der Waals surface area contributed by atoms with Crippen LogP contribution in [0.3, 0.4) is 0 Å². The molecular weight excluding hydrogens is 248 g/mol. The molecule has 0 radical (unpaired) electrons. The number of rotatable bonds is 2. The Morgan fingerprint density at radius 2 is 1.65 bits per heavy atom. The van der Waals surface area contributed by atoms with E-state index in [-0.39, 0.29) is 11.6 Å². The van der Waals surface area contributed by atoms with E-state index in [1.807, 2.05) is 0 Å². The van der Waals surface area contributed by atoms with Crippen molar-refractivity contribution in [2.75, 3.05) is 6.54 Å². The maximum Gasteiger partial charge on any atom is 0.318 e. The lowest BCUT2D eigenvalue weighted by molar-refractivity contribution is -0.0488. The lowest BCUT2D eigenvalue weighted by atomic mass is 9.54. The normalized spacial score (nSPS) is 50.1. The number of nitrogens with one attached hydrogen (secondary N) is 1. The Balaban J connectivity index is 1.58. The van der Waals surface area contributed by atoms with Gasteiger partial charge in [0.15, 0.2) is 0 Å². The number of carbonyl (C=O) groups excluding carboxylic acids is 1. The fourth-order valence-corrected chi connectivity index (χ4v) is 5.75. The van der Waals surface area contributed by atoms with Gasteiger partial charge < -0.3 is 10.2 Å². The molecule has 0 aromatic heterocycles. The maximum atomic E-state index is 12.5. The molecule has 2 amide bonds. The van der Waals surface area contributed by atoms with Crippen molar-refractivity contribution in [2.45, 2.75) is 64.5 Å². The number of carbonyl (C=O) groups is 1. The van der Waals surface area contributed by atoms with Crippen molar-refractivity contribution in [3.63, 3.8) is 0 Å². The zero-order chi connectivity index (χ0) is 14.1. The minimum absolute atomic E-state index is 0.0360. The van der Waals surface area contributed by atoms with Crippen molar-refractivity contribution >= 4 is 6.03 Å². The Labute approximate surface area is 122 Å². The second-order valence-corrected chi connectivity index (χ2v) is 8.55. The van der Waals surface area contributed by atoms with E-state index in [1.54, 1.807) is 0 Å². The SMILES string of the molecule is CC(C)C1(C)CN(C2C3CC4CC(C3)CC2C4)C(=O)N1. The monoisotopic (exact) mass is 276 g/mol. The van der Waals surface area contributed by atoms with Gasteiger partial charge in [0.1, 0.15) is 0 Å². The smallest absolute Gasteiger partial charge is 0.318 e. The summed E-state index contributed by atoms with van der Waals surface area (Å²) in [5, 5.41) is 3.28. The summed E-state index contributed by atoms with van der Waals surface area (Å²) < 4.78 is 0. The van der Waals surface area contributed by atoms with Crippen LogP contribution in [0.25, 0.3) is 0 Å². The fourth-order valence-electron chi connectivity index (χ4n) is 5.75. The highest BCUT2D eigenvalue weighted by molar-refractivity contribution is 5.78. The van der Waals surface area contributed by atoms with Gasteiger partial charge in [0.05, 0.1) is 5.54 Å². The Bertz CT molecular complexity index is 405. The zero-order valence-corrected chi connectivity index (χ0v) is 13.1. The summed E-state index contributed by atoms with van der Waals surface area (Å²) in [4.78, 5) is 14.8. The molecule has 1 saturated heterocycles. The summed E-state index contributed by atoms with van der Waals surface area (Å²) in [6.07, 6.45) is 7.04. The van der Waals surface area contributed by atoms with Gasteiger partial charge in [-0.2, -0.15) is 0 Å². The Morgan fingerprint density at radius 1 is 1.10 bits per heavy atom. The van der Waals surface area contributed by atoms with Crippen molar-refractivity contribution in [3.8, 4) is 0 Å². The molecule has 0 aromatic carbocycles. The average molecular weight is 276 g/mol. The molecule has 1 unspecified atom stereocenters. The van der Waals surface area contributed by atoms with Crippen LogP contribution in [0, 0.1) is 29.6 Å². The molecule has 5 fully saturated rings. The lowest BCUT2D eigenvalue weighted by Gasteiger charge is -2.56. The van der Waals surface area contributed by atoms with Gasteiger partial charge in [-0.15, -0.1) is 0 Å². The zero-order valence-electron chi connectivity index (χ0n) is 13.1. The van der Waals surface area contributed by atoms with E-state index in [0.29, 0.717) is 12.0 Å². The first-order chi connectivity index (χ1) is 9.46. The van der Waals surface area contributed by atoms with Gasteiger partial charge in [-0.1, -0.05) is 13.8 Å². The molecule has 0 aromatic rings. The third kappa shape index (κ3) is 1.74. The first-order valence-electron chi connectivity index (χ1n) is 8.55. The van der Waals surface area contributed by atoms with Gasteiger partial charge in [-0.05, 0) is 68.6 Å². The number of amides is 2. The molecule has 20 heavy (non-hydrogen) atoms. The van der Waals surface area contributed by atoms with Gasteiger partial charge in [-0.3, -0.25) is 0 Å². The summed E-state index contributed by atoms with van der Waals surface area (Å²) in [5.74, 6) is 4.05. The van der Waals surface area contributed by atoms with E-state index in [9.17, 15) is 4.79 Å². The second kappa shape index (κ2) is 4.14. The van der Waals surface area contributed by atoms with Gasteiger partial charge >= 0.3 is 6.03 Å². The second-order valence-electron chi connectivity index (χ2n) is 8.55. The first kappa shape index (κ1) is 13.0. The largest absolute Gasteiger partial charge is 0.331 e. The van der Waals surface area contributed by atoms with Crippen molar-refractivity contribution < 1.29 is 4.79 Å². The van der Waals surface area contributed by atoms with Crippen LogP contribution in [0.5, 0.6) is 0 Å². The molecule has 4 aliphatic carbocycles. The maximum absolute atomic E-state index is 12.5. The summed E-state index contributed by atoms with van der Waals surface area (Å²) in [5.41, 5.74) is -0.0360. The van der Waals surface area contributed by atoms with Crippen LogP contribution in [-0.2, 0) is 0 Å². The molecule has 3 heteroatoms. The predicted octanol–water partition coefficient (Wildman–Crippen LogP) is 3.25. The van der Waals surface area contributed by atoms with Gasteiger partial charge in [0.2, 0.25) is 0 Å². The molecule has 3 nitrogen and oxygen atoms in total. The molecule has 1 atom stereocenters. The van der Waals surface area contributed by atoms with Gasteiger partial charge in [0, 0.05) is 12.6 Å². The van der Waals surface area contributed by atoms with Crippen LogP contribution in [0.1, 0.15) is 52.9 Å². The van der Waals surface area contributed by atoms with Crippen LogP contribution in [0.15, 0.2) is 0 Å². The van der Waals surface area contributed by atoms with Crippen LogP contribution in [0.4, 0.5) is 4.79 Å². The van der Waals surface area contributed by atoms with Crippen molar-refractivity contribution in [3.05, 3.63) is 0 Å². The molecule has 1 heterocycles. The molecule has 1 aliphatic heterocycles.